The molecule has 4 rings (SSSR count). The summed E-state index contributed by atoms with van der Waals surface area (Å²) in [5.41, 5.74) is 1.55. The van der Waals surface area contributed by atoms with Gasteiger partial charge < -0.3 is 9.73 Å². The molecule has 2 aromatic carbocycles. The number of benzene rings is 2. The third-order valence-corrected chi connectivity index (χ3v) is 6.44. The van der Waals surface area contributed by atoms with E-state index in [1.165, 1.54) is 29.5 Å². The number of halogens is 1. The Bertz CT molecular complexity index is 957. The van der Waals surface area contributed by atoms with Crippen LogP contribution in [0.5, 0.6) is 0 Å². The monoisotopic (exact) mass is 446 g/mol. The first-order chi connectivity index (χ1) is 14.2. The van der Waals surface area contributed by atoms with E-state index in [1.807, 2.05) is 12.1 Å². The quantitative estimate of drug-likeness (QED) is 0.393. The third-order valence-electron chi connectivity index (χ3n) is 4.26. The van der Waals surface area contributed by atoms with Crippen LogP contribution in [-0.2, 0) is 4.79 Å². The fourth-order valence-corrected chi connectivity index (χ4v) is 4.52. The first-order valence-corrected chi connectivity index (χ1v) is 11.3. The van der Waals surface area contributed by atoms with Crippen LogP contribution in [0, 0.1) is 0 Å². The Hall–Kier alpha value is -2.00. The lowest BCUT2D eigenvalue weighted by Crippen LogP contribution is -2.13. The molecule has 0 atom stereocenters. The maximum absolute atomic E-state index is 12.1. The number of rotatable bonds is 7. The molecular weight excluding hydrogens is 428 g/mol. The van der Waals surface area contributed by atoms with Gasteiger partial charge in [0.25, 0.3) is 5.22 Å². The highest BCUT2D eigenvalue weighted by Crippen LogP contribution is 2.29. The molecule has 1 aromatic heterocycles. The van der Waals surface area contributed by atoms with Gasteiger partial charge in [0.1, 0.15) is 0 Å². The molecule has 1 saturated heterocycles. The first kappa shape index (κ1) is 20.3. The molecule has 150 valence electrons. The van der Waals surface area contributed by atoms with Gasteiger partial charge in [0.15, 0.2) is 0 Å². The van der Waals surface area contributed by atoms with Gasteiger partial charge in [0, 0.05) is 34.3 Å². The van der Waals surface area contributed by atoms with Crippen LogP contribution in [0.25, 0.3) is 11.5 Å². The van der Waals surface area contributed by atoms with Crippen LogP contribution in [0.2, 0.25) is 5.02 Å². The Morgan fingerprint density at radius 1 is 1.07 bits per heavy atom. The second-order valence-corrected chi connectivity index (χ2v) is 9.00. The molecule has 1 N–H and O–H groups in total. The van der Waals surface area contributed by atoms with Crippen LogP contribution < -0.4 is 5.32 Å². The lowest BCUT2D eigenvalue weighted by atomic mass is 10.2. The summed E-state index contributed by atoms with van der Waals surface area (Å²) < 4.78 is 8.07. The van der Waals surface area contributed by atoms with Crippen molar-refractivity contribution >= 4 is 46.9 Å². The molecular formula is C20H19ClN4O2S2. The Kier molecular flexibility index (Phi) is 6.76. The Morgan fingerprint density at radius 2 is 1.79 bits per heavy atom. The summed E-state index contributed by atoms with van der Waals surface area (Å²) in [6.07, 6.45) is 2.54. The molecule has 0 saturated carbocycles. The van der Waals surface area contributed by atoms with Gasteiger partial charge in [-0.3, -0.25) is 4.79 Å². The van der Waals surface area contributed by atoms with E-state index in [2.05, 4.69) is 32.0 Å². The van der Waals surface area contributed by atoms with Crippen molar-refractivity contribution in [2.75, 3.05) is 24.2 Å². The summed E-state index contributed by atoms with van der Waals surface area (Å²) in [6.45, 7) is 2.28. The molecule has 2 heterocycles. The average Bonchev–Trinajstić information content (AvgIpc) is 3.41. The molecule has 1 aliphatic heterocycles. The molecule has 0 bridgehead atoms. The highest BCUT2D eigenvalue weighted by atomic mass is 35.5. The normalized spacial score (nSPS) is 14.2. The van der Waals surface area contributed by atoms with Gasteiger partial charge in [-0.25, -0.2) is 4.31 Å². The standard InChI is InChI=1S/C20H19ClN4O2S2/c21-15-5-7-16(8-6-15)22-18(26)13-28-20-24-23-19(27-20)14-3-9-17(10-4-14)29-25-11-1-2-12-25/h3-10H,1-2,11-13H2,(H,22,26). The van der Waals surface area contributed by atoms with E-state index < -0.39 is 0 Å². The summed E-state index contributed by atoms with van der Waals surface area (Å²) in [5, 5.41) is 11.9. The van der Waals surface area contributed by atoms with Crippen molar-refractivity contribution in [3.8, 4) is 11.5 Å². The highest BCUT2D eigenvalue weighted by molar-refractivity contribution is 7.99. The maximum Gasteiger partial charge on any atom is 0.277 e. The fraction of sp³-hybridized carbons (Fsp3) is 0.250. The molecule has 6 nitrogen and oxygen atoms in total. The highest BCUT2D eigenvalue weighted by Gasteiger charge is 2.14. The van der Waals surface area contributed by atoms with Gasteiger partial charge >= 0.3 is 0 Å². The van der Waals surface area contributed by atoms with Crippen molar-refractivity contribution in [1.29, 1.82) is 0 Å². The summed E-state index contributed by atoms with van der Waals surface area (Å²) in [6, 6.07) is 15.0. The van der Waals surface area contributed by atoms with Crippen LogP contribution in [0.3, 0.4) is 0 Å². The number of amides is 1. The molecule has 0 aliphatic carbocycles. The van der Waals surface area contributed by atoms with Crippen molar-refractivity contribution in [1.82, 2.24) is 14.5 Å². The van der Waals surface area contributed by atoms with Gasteiger partial charge in [-0.2, -0.15) is 0 Å². The van der Waals surface area contributed by atoms with Crippen molar-refractivity contribution in [3.05, 3.63) is 53.6 Å². The number of hydrogen-bond donors (Lipinski definition) is 1. The summed E-state index contributed by atoms with van der Waals surface area (Å²) >= 11 is 8.83. The second kappa shape index (κ2) is 9.67. The van der Waals surface area contributed by atoms with Crippen LogP contribution >= 0.6 is 35.3 Å². The fourth-order valence-electron chi connectivity index (χ4n) is 2.83. The average molecular weight is 447 g/mol. The number of nitrogens with one attached hydrogen (secondary N) is 1. The van der Waals surface area contributed by atoms with Crippen LogP contribution in [0.15, 0.2) is 63.1 Å². The summed E-state index contributed by atoms with van der Waals surface area (Å²) in [5.74, 6) is 0.471. The lowest BCUT2D eigenvalue weighted by Gasteiger charge is -2.12. The van der Waals surface area contributed by atoms with Crippen molar-refractivity contribution in [3.63, 3.8) is 0 Å². The molecule has 1 aliphatic rings. The zero-order chi connectivity index (χ0) is 20.1. The van der Waals surface area contributed by atoms with Crippen LogP contribution in [-0.4, -0.2) is 39.3 Å². The maximum atomic E-state index is 12.1. The number of carbonyl (C=O) groups is 1. The van der Waals surface area contributed by atoms with Gasteiger partial charge in [-0.05, 0) is 73.3 Å². The van der Waals surface area contributed by atoms with E-state index >= 15 is 0 Å². The molecule has 1 fully saturated rings. The van der Waals surface area contributed by atoms with Crippen molar-refractivity contribution in [2.24, 2.45) is 0 Å². The van der Waals surface area contributed by atoms with E-state index in [0.29, 0.717) is 21.8 Å². The van der Waals surface area contributed by atoms with Gasteiger partial charge in [0.05, 0.1) is 5.75 Å². The number of hydrogen-bond acceptors (Lipinski definition) is 7. The molecule has 0 unspecified atom stereocenters. The predicted molar refractivity (Wildman–Crippen MR) is 117 cm³/mol. The minimum absolute atomic E-state index is 0.152. The third kappa shape index (κ3) is 5.76. The second-order valence-electron chi connectivity index (χ2n) is 6.47. The van der Waals surface area contributed by atoms with E-state index in [9.17, 15) is 4.79 Å². The van der Waals surface area contributed by atoms with Gasteiger partial charge in [0.2, 0.25) is 11.8 Å². The van der Waals surface area contributed by atoms with E-state index in [4.69, 9.17) is 16.0 Å². The summed E-state index contributed by atoms with van der Waals surface area (Å²) in [7, 11) is 0. The van der Waals surface area contributed by atoms with Crippen molar-refractivity contribution in [2.45, 2.75) is 23.0 Å². The molecule has 9 heteroatoms. The number of anilines is 1. The van der Waals surface area contributed by atoms with E-state index in [1.54, 1.807) is 36.2 Å². The van der Waals surface area contributed by atoms with Gasteiger partial charge in [-0.1, -0.05) is 23.4 Å². The summed E-state index contributed by atoms with van der Waals surface area (Å²) in [4.78, 5) is 13.3. The Labute approximate surface area is 182 Å². The Morgan fingerprint density at radius 3 is 2.52 bits per heavy atom. The minimum atomic E-state index is -0.152. The predicted octanol–water partition coefficient (Wildman–Crippen LogP) is 5.22. The van der Waals surface area contributed by atoms with E-state index in [0.717, 1.165) is 18.7 Å². The molecule has 29 heavy (non-hydrogen) atoms. The van der Waals surface area contributed by atoms with E-state index in [-0.39, 0.29) is 11.7 Å². The zero-order valence-corrected chi connectivity index (χ0v) is 17.9. The molecule has 1 amide bonds. The number of thioether (sulfide) groups is 1. The number of aromatic nitrogens is 2. The van der Waals surface area contributed by atoms with Crippen LogP contribution in [0.1, 0.15) is 12.8 Å². The SMILES string of the molecule is O=C(CSc1nnc(-c2ccc(SN3CCCC3)cc2)o1)Nc1ccc(Cl)cc1. The molecule has 3 aromatic rings. The zero-order valence-electron chi connectivity index (χ0n) is 15.5. The first-order valence-electron chi connectivity index (χ1n) is 9.21. The van der Waals surface area contributed by atoms with Crippen molar-refractivity contribution < 1.29 is 9.21 Å². The lowest BCUT2D eigenvalue weighted by molar-refractivity contribution is -0.113. The molecule has 0 spiro atoms. The van der Waals surface area contributed by atoms with Gasteiger partial charge in [-0.15, -0.1) is 10.2 Å². The smallest absolute Gasteiger partial charge is 0.277 e. The number of nitrogens with zero attached hydrogens (tertiary/aromatic N) is 3. The topological polar surface area (TPSA) is 71.3 Å². The Balaban J connectivity index is 1.29. The van der Waals surface area contributed by atoms with Crippen LogP contribution in [0.4, 0.5) is 5.69 Å². The largest absolute Gasteiger partial charge is 0.411 e. The minimum Gasteiger partial charge on any atom is -0.411 e. The molecule has 0 radical (unpaired) electrons. The number of carbonyl (C=O) groups excluding carboxylic acids is 1.